The number of nitrogens with zero attached hydrogens (tertiary/aromatic N) is 2. The molecule has 1 unspecified atom stereocenters. The molecule has 0 radical (unpaired) electrons. The number of aryl methyl sites for hydroxylation is 2. The summed E-state index contributed by atoms with van der Waals surface area (Å²) in [5.41, 5.74) is 2.69. The molecule has 1 aromatic carbocycles. The molecule has 3 nitrogen and oxygen atoms in total. The van der Waals surface area contributed by atoms with Gasteiger partial charge in [0, 0.05) is 29.0 Å². The van der Waals surface area contributed by atoms with Crippen LogP contribution in [0.1, 0.15) is 29.9 Å². The zero-order chi connectivity index (χ0) is 15.6. The zero-order valence-corrected chi connectivity index (χ0v) is 15.4. The van der Waals surface area contributed by atoms with Crippen LogP contribution in [0.25, 0.3) is 0 Å². The van der Waals surface area contributed by atoms with Gasteiger partial charge in [0.25, 0.3) is 0 Å². The fourth-order valence-corrected chi connectivity index (χ4v) is 3.23. The van der Waals surface area contributed by atoms with Crippen molar-refractivity contribution in [2.24, 2.45) is 0 Å². The van der Waals surface area contributed by atoms with E-state index in [0.29, 0.717) is 12.0 Å². The van der Waals surface area contributed by atoms with E-state index in [2.05, 4.69) is 49.2 Å². The molecule has 0 aliphatic carbocycles. The van der Waals surface area contributed by atoms with Gasteiger partial charge in [-0.2, -0.15) is 5.10 Å². The summed E-state index contributed by atoms with van der Waals surface area (Å²) in [6.45, 7) is 4.81. The molecule has 0 fully saturated rings. The lowest BCUT2D eigenvalue weighted by molar-refractivity contribution is 0.509. The third-order valence-corrected chi connectivity index (χ3v) is 5.06. The summed E-state index contributed by atoms with van der Waals surface area (Å²) in [6.07, 6.45) is 0.666. The summed E-state index contributed by atoms with van der Waals surface area (Å²) in [5, 5.41) is 7.69. The molecule has 0 saturated heterocycles. The van der Waals surface area contributed by atoms with Gasteiger partial charge in [0.2, 0.25) is 0 Å². The van der Waals surface area contributed by atoms with Gasteiger partial charge < -0.3 is 5.32 Å². The van der Waals surface area contributed by atoms with Crippen molar-refractivity contribution in [1.82, 2.24) is 15.1 Å². The normalized spacial score (nSPS) is 12.7. The summed E-state index contributed by atoms with van der Waals surface area (Å²) in [6, 6.07) is 4.91. The van der Waals surface area contributed by atoms with Crippen LogP contribution in [-0.2, 0) is 13.0 Å². The Morgan fingerprint density at radius 2 is 2.10 bits per heavy atom. The minimum atomic E-state index is -0.201. The van der Waals surface area contributed by atoms with Crippen molar-refractivity contribution >= 4 is 31.9 Å². The van der Waals surface area contributed by atoms with Crippen molar-refractivity contribution in [1.29, 1.82) is 0 Å². The maximum atomic E-state index is 14.1. The lowest BCUT2D eigenvalue weighted by Crippen LogP contribution is -2.22. The lowest BCUT2D eigenvalue weighted by atomic mass is 10.0. The molecule has 114 valence electrons. The van der Waals surface area contributed by atoms with Crippen LogP contribution < -0.4 is 5.32 Å². The Morgan fingerprint density at radius 1 is 1.38 bits per heavy atom. The van der Waals surface area contributed by atoms with E-state index < -0.39 is 0 Å². The average Bonchev–Trinajstić information content (AvgIpc) is 2.74. The Labute approximate surface area is 141 Å². The minimum absolute atomic E-state index is 0.111. The van der Waals surface area contributed by atoms with Crippen LogP contribution in [0.15, 0.2) is 27.1 Å². The predicted molar refractivity (Wildman–Crippen MR) is 89.9 cm³/mol. The smallest absolute Gasteiger partial charge is 0.128 e. The van der Waals surface area contributed by atoms with E-state index in [9.17, 15) is 4.39 Å². The fourth-order valence-electron chi connectivity index (χ4n) is 2.41. The van der Waals surface area contributed by atoms with Crippen molar-refractivity contribution in [2.45, 2.75) is 32.9 Å². The Bertz CT molecular complexity index is 640. The van der Waals surface area contributed by atoms with Gasteiger partial charge in [-0.3, -0.25) is 4.68 Å². The van der Waals surface area contributed by atoms with Gasteiger partial charge in [-0.25, -0.2) is 4.39 Å². The van der Waals surface area contributed by atoms with Crippen molar-refractivity contribution in [3.8, 4) is 0 Å². The van der Waals surface area contributed by atoms with Gasteiger partial charge in [0.1, 0.15) is 5.82 Å². The molecule has 1 heterocycles. The molecule has 0 saturated carbocycles. The molecule has 1 N–H and O–H groups in total. The lowest BCUT2D eigenvalue weighted by Gasteiger charge is -2.18. The molecule has 6 heteroatoms. The molecule has 1 aromatic heterocycles. The number of benzene rings is 1. The molecule has 0 aliphatic heterocycles. The molecule has 0 aliphatic rings. The van der Waals surface area contributed by atoms with Gasteiger partial charge in [0.15, 0.2) is 0 Å². The first-order valence-corrected chi connectivity index (χ1v) is 8.40. The van der Waals surface area contributed by atoms with Crippen LogP contribution in [0, 0.1) is 12.7 Å². The summed E-state index contributed by atoms with van der Waals surface area (Å²) in [5.74, 6) is -0.201. The number of halogens is 3. The second kappa shape index (κ2) is 7.03. The number of likely N-dealkylation sites (N-methyl/N-ethyl adjacent to an activating group) is 1. The molecule has 0 bridgehead atoms. The van der Waals surface area contributed by atoms with Gasteiger partial charge in [0.05, 0.1) is 15.9 Å². The van der Waals surface area contributed by atoms with Gasteiger partial charge in [-0.1, -0.05) is 15.9 Å². The highest BCUT2D eigenvalue weighted by atomic mass is 79.9. The maximum Gasteiger partial charge on any atom is 0.128 e. The SMILES string of the molecule is CCn1nc(C)c(Br)c1CC(NC)c1cc(Br)ccc1F. The number of rotatable bonds is 5. The predicted octanol–water partition coefficient (Wildman–Crippen LogP) is 4.38. The van der Waals surface area contributed by atoms with E-state index in [0.717, 1.165) is 26.9 Å². The maximum absolute atomic E-state index is 14.1. The van der Waals surface area contributed by atoms with E-state index in [1.807, 2.05) is 24.7 Å². The summed E-state index contributed by atoms with van der Waals surface area (Å²) < 4.78 is 17.9. The first-order chi connectivity index (χ1) is 9.97. The third kappa shape index (κ3) is 3.55. The Balaban J connectivity index is 2.38. The largest absolute Gasteiger partial charge is 0.313 e. The summed E-state index contributed by atoms with van der Waals surface area (Å²) in [7, 11) is 1.85. The minimum Gasteiger partial charge on any atom is -0.313 e. The van der Waals surface area contributed by atoms with E-state index in [1.54, 1.807) is 6.07 Å². The second-order valence-electron chi connectivity index (χ2n) is 4.87. The molecular formula is C15H18Br2FN3. The number of nitrogens with one attached hydrogen (secondary N) is 1. The zero-order valence-electron chi connectivity index (χ0n) is 12.3. The highest BCUT2D eigenvalue weighted by Crippen LogP contribution is 2.29. The third-order valence-electron chi connectivity index (χ3n) is 3.53. The van der Waals surface area contributed by atoms with Crippen molar-refractivity contribution in [2.75, 3.05) is 7.05 Å². The number of hydrogen-bond acceptors (Lipinski definition) is 2. The van der Waals surface area contributed by atoms with Gasteiger partial charge >= 0.3 is 0 Å². The first kappa shape index (κ1) is 16.6. The molecule has 21 heavy (non-hydrogen) atoms. The molecule has 0 spiro atoms. The van der Waals surface area contributed by atoms with Crippen LogP contribution in [0.5, 0.6) is 0 Å². The first-order valence-electron chi connectivity index (χ1n) is 6.81. The Morgan fingerprint density at radius 3 is 2.71 bits per heavy atom. The molecule has 2 aromatic rings. The van der Waals surface area contributed by atoms with Crippen molar-refractivity contribution in [3.05, 3.63) is 49.9 Å². The van der Waals surface area contributed by atoms with Crippen LogP contribution in [0.3, 0.4) is 0 Å². The molecule has 2 rings (SSSR count). The Hall–Kier alpha value is -0.720. The van der Waals surface area contributed by atoms with E-state index >= 15 is 0 Å². The summed E-state index contributed by atoms with van der Waals surface area (Å²) in [4.78, 5) is 0. The number of hydrogen-bond donors (Lipinski definition) is 1. The van der Waals surface area contributed by atoms with E-state index in [1.165, 1.54) is 6.07 Å². The van der Waals surface area contributed by atoms with Crippen LogP contribution in [-0.4, -0.2) is 16.8 Å². The highest BCUT2D eigenvalue weighted by molar-refractivity contribution is 9.10. The van der Waals surface area contributed by atoms with Gasteiger partial charge in [-0.05, 0) is 55.0 Å². The van der Waals surface area contributed by atoms with E-state index in [4.69, 9.17) is 0 Å². The van der Waals surface area contributed by atoms with Gasteiger partial charge in [-0.15, -0.1) is 0 Å². The van der Waals surface area contributed by atoms with Crippen LogP contribution in [0.2, 0.25) is 0 Å². The molecule has 0 amide bonds. The molecule has 1 atom stereocenters. The van der Waals surface area contributed by atoms with Crippen molar-refractivity contribution < 1.29 is 4.39 Å². The van der Waals surface area contributed by atoms with Crippen molar-refractivity contribution in [3.63, 3.8) is 0 Å². The quantitative estimate of drug-likeness (QED) is 0.780. The monoisotopic (exact) mass is 417 g/mol. The van der Waals surface area contributed by atoms with E-state index in [-0.39, 0.29) is 11.9 Å². The number of aromatic nitrogens is 2. The fraction of sp³-hybridized carbons (Fsp3) is 0.400. The average molecular weight is 419 g/mol. The van der Waals surface area contributed by atoms with Crippen LogP contribution in [0.4, 0.5) is 4.39 Å². The van der Waals surface area contributed by atoms with Crippen LogP contribution >= 0.6 is 31.9 Å². The standard InChI is InChI=1S/C15H18Br2FN3/c1-4-21-14(15(17)9(2)20-21)8-13(19-3)11-7-10(16)5-6-12(11)18/h5-7,13,19H,4,8H2,1-3H3. The topological polar surface area (TPSA) is 29.9 Å². The Kier molecular flexibility index (Phi) is 5.57. The summed E-state index contributed by atoms with van der Waals surface area (Å²) >= 11 is 7.00. The highest BCUT2D eigenvalue weighted by Gasteiger charge is 2.20. The molecular weight excluding hydrogens is 401 g/mol. The second-order valence-corrected chi connectivity index (χ2v) is 6.58.